The highest BCUT2D eigenvalue weighted by molar-refractivity contribution is 5.76. The zero-order valence-electron chi connectivity index (χ0n) is 10.9. The summed E-state index contributed by atoms with van der Waals surface area (Å²) < 4.78 is 0. The highest BCUT2D eigenvalue weighted by Gasteiger charge is 2.17. The first kappa shape index (κ1) is 12.9. The molecule has 2 fully saturated rings. The molecule has 2 aliphatic rings. The fraction of sp³-hybridized carbons (Fsp3) is 0.929. The first-order valence-electron chi connectivity index (χ1n) is 7.37. The topological polar surface area (TPSA) is 32.3 Å². The van der Waals surface area contributed by atoms with Crippen LogP contribution in [0.5, 0.6) is 0 Å². The molecule has 1 saturated heterocycles. The van der Waals surface area contributed by atoms with E-state index in [0.29, 0.717) is 18.4 Å². The molecule has 2 rings (SSSR count). The molecule has 98 valence electrons. The summed E-state index contributed by atoms with van der Waals surface area (Å²) in [6, 6.07) is 0.687. The Morgan fingerprint density at radius 2 is 1.65 bits per heavy atom. The number of rotatable bonds is 4. The van der Waals surface area contributed by atoms with Crippen LogP contribution < -0.4 is 5.32 Å². The summed E-state index contributed by atoms with van der Waals surface area (Å²) in [5.41, 5.74) is 0. The predicted octanol–water partition coefficient (Wildman–Crippen LogP) is 2.31. The van der Waals surface area contributed by atoms with E-state index in [1.54, 1.807) is 0 Å². The molecule has 0 unspecified atom stereocenters. The van der Waals surface area contributed by atoms with Gasteiger partial charge in [-0.1, -0.05) is 25.7 Å². The van der Waals surface area contributed by atoms with Gasteiger partial charge < -0.3 is 10.2 Å². The summed E-state index contributed by atoms with van der Waals surface area (Å²) in [7, 11) is 0. The Morgan fingerprint density at radius 1 is 1.00 bits per heavy atom. The van der Waals surface area contributed by atoms with E-state index in [9.17, 15) is 4.79 Å². The number of nitrogens with one attached hydrogen (secondary N) is 1. The molecule has 17 heavy (non-hydrogen) atoms. The lowest BCUT2D eigenvalue weighted by Crippen LogP contribution is -2.35. The van der Waals surface area contributed by atoms with Gasteiger partial charge in [0.25, 0.3) is 0 Å². The van der Waals surface area contributed by atoms with E-state index < -0.39 is 0 Å². The first-order chi connectivity index (χ1) is 8.36. The second-order valence-corrected chi connectivity index (χ2v) is 5.48. The predicted molar refractivity (Wildman–Crippen MR) is 69.9 cm³/mol. The number of hydrogen-bond acceptors (Lipinski definition) is 2. The van der Waals surface area contributed by atoms with Crippen molar-refractivity contribution >= 4 is 5.91 Å². The lowest BCUT2D eigenvalue weighted by molar-refractivity contribution is -0.131. The Labute approximate surface area is 105 Å². The van der Waals surface area contributed by atoms with Crippen molar-refractivity contribution in [3.05, 3.63) is 0 Å². The number of likely N-dealkylation sites (tertiary alicyclic amines) is 1. The molecule has 0 aromatic rings. The van der Waals surface area contributed by atoms with Crippen LogP contribution in [-0.2, 0) is 4.79 Å². The van der Waals surface area contributed by atoms with Gasteiger partial charge >= 0.3 is 0 Å². The van der Waals surface area contributed by atoms with Crippen LogP contribution in [-0.4, -0.2) is 36.5 Å². The third-order valence-corrected chi connectivity index (χ3v) is 4.09. The molecule has 0 spiro atoms. The maximum atomic E-state index is 12.0. The average molecular weight is 238 g/mol. The smallest absolute Gasteiger partial charge is 0.223 e. The highest BCUT2D eigenvalue weighted by Crippen LogP contribution is 2.17. The van der Waals surface area contributed by atoms with E-state index in [4.69, 9.17) is 0 Å². The minimum atomic E-state index is 0.359. The fourth-order valence-electron chi connectivity index (χ4n) is 2.99. The number of hydrogen-bond donors (Lipinski definition) is 1. The lowest BCUT2D eigenvalue weighted by atomic mass is 10.2. The second-order valence-electron chi connectivity index (χ2n) is 5.48. The molecule has 1 amide bonds. The summed E-state index contributed by atoms with van der Waals surface area (Å²) >= 11 is 0. The second kappa shape index (κ2) is 7.00. The van der Waals surface area contributed by atoms with E-state index in [0.717, 1.165) is 19.6 Å². The Morgan fingerprint density at radius 3 is 2.29 bits per heavy atom. The summed E-state index contributed by atoms with van der Waals surface area (Å²) in [6.07, 6.45) is 11.0. The summed E-state index contributed by atoms with van der Waals surface area (Å²) in [5, 5.41) is 3.52. The van der Waals surface area contributed by atoms with Crippen LogP contribution in [0.3, 0.4) is 0 Å². The molecule has 1 saturated carbocycles. The molecule has 3 heteroatoms. The number of amides is 1. The van der Waals surface area contributed by atoms with Gasteiger partial charge in [0.15, 0.2) is 0 Å². The molecule has 0 radical (unpaired) electrons. The third kappa shape index (κ3) is 4.30. The highest BCUT2D eigenvalue weighted by atomic mass is 16.2. The van der Waals surface area contributed by atoms with Gasteiger partial charge in [0.2, 0.25) is 5.91 Å². The van der Waals surface area contributed by atoms with E-state index >= 15 is 0 Å². The maximum Gasteiger partial charge on any atom is 0.223 e. The zero-order valence-corrected chi connectivity index (χ0v) is 10.9. The summed E-state index contributed by atoms with van der Waals surface area (Å²) in [6.45, 7) is 2.85. The molecule has 1 aliphatic heterocycles. The Kier molecular flexibility index (Phi) is 5.30. The van der Waals surface area contributed by atoms with E-state index in [2.05, 4.69) is 10.2 Å². The Hall–Kier alpha value is -0.570. The Bertz CT molecular complexity index is 228. The first-order valence-corrected chi connectivity index (χ1v) is 7.37. The van der Waals surface area contributed by atoms with Gasteiger partial charge in [-0.25, -0.2) is 0 Å². The molecule has 3 nitrogen and oxygen atoms in total. The van der Waals surface area contributed by atoms with E-state index in [-0.39, 0.29) is 0 Å². The van der Waals surface area contributed by atoms with Crippen LogP contribution >= 0.6 is 0 Å². The van der Waals surface area contributed by atoms with E-state index in [1.807, 2.05) is 0 Å². The van der Waals surface area contributed by atoms with E-state index in [1.165, 1.54) is 51.4 Å². The summed E-state index contributed by atoms with van der Waals surface area (Å²) in [4.78, 5) is 14.1. The molecular weight excluding hydrogens is 212 g/mol. The average Bonchev–Trinajstić information content (AvgIpc) is 2.69. The molecule has 1 heterocycles. The largest absolute Gasteiger partial charge is 0.343 e. The fourth-order valence-corrected chi connectivity index (χ4v) is 2.99. The molecule has 0 atom stereocenters. The molecule has 0 aromatic carbocycles. The third-order valence-electron chi connectivity index (χ3n) is 4.09. The van der Waals surface area contributed by atoms with Gasteiger partial charge in [-0.3, -0.25) is 4.79 Å². The summed E-state index contributed by atoms with van der Waals surface area (Å²) in [5.74, 6) is 0.359. The van der Waals surface area contributed by atoms with Crippen molar-refractivity contribution in [1.29, 1.82) is 0 Å². The number of carbonyl (C=O) groups is 1. The SMILES string of the molecule is O=C(CCNC1CCCC1)N1CCCCCC1. The zero-order chi connectivity index (χ0) is 11.9. The molecular formula is C14H26N2O. The van der Waals surface area contributed by atoms with Crippen molar-refractivity contribution in [1.82, 2.24) is 10.2 Å². The van der Waals surface area contributed by atoms with Crippen LogP contribution in [0.2, 0.25) is 0 Å². The minimum absolute atomic E-state index is 0.359. The van der Waals surface area contributed by atoms with Crippen molar-refractivity contribution in [2.75, 3.05) is 19.6 Å². The number of carbonyl (C=O) groups excluding carboxylic acids is 1. The quantitative estimate of drug-likeness (QED) is 0.815. The molecule has 0 aromatic heterocycles. The monoisotopic (exact) mass is 238 g/mol. The van der Waals surface area contributed by atoms with Crippen LogP contribution in [0.1, 0.15) is 57.8 Å². The van der Waals surface area contributed by atoms with Crippen LogP contribution in [0.15, 0.2) is 0 Å². The minimum Gasteiger partial charge on any atom is -0.343 e. The maximum absolute atomic E-state index is 12.0. The number of nitrogens with zero attached hydrogens (tertiary/aromatic N) is 1. The van der Waals surface area contributed by atoms with Gasteiger partial charge in [0.1, 0.15) is 0 Å². The lowest BCUT2D eigenvalue weighted by Gasteiger charge is -2.21. The van der Waals surface area contributed by atoms with Crippen LogP contribution in [0.4, 0.5) is 0 Å². The van der Waals surface area contributed by atoms with Crippen molar-refractivity contribution in [2.45, 2.75) is 63.8 Å². The normalized spacial score (nSPS) is 22.7. The molecule has 1 aliphatic carbocycles. The standard InChI is InChI=1S/C14H26N2O/c17-14(16-11-5-1-2-6-12-16)9-10-15-13-7-3-4-8-13/h13,15H,1-12H2. The van der Waals surface area contributed by atoms with Gasteiger partial charge in [0.05, 0.1) is 0 Å². The molecule has 1 N–H and O–H groups in total. The van der Waals surface area contributed by atoms with Gasteiger partial charge in [-0.2, -0.15) is 0 Å². The van der Waals surface area contributed by atoms with Gasteiger partial charge in [0, 0.05) is 32.1 Å². The molecule has 0 bridgehead atoms. The van der Waals surface area contributed by atoms with Crippen molar-refractivity contribution < 1.29 is 4.79 Å². The van der Waals surface area contributed by atoms with Gasteiger partial charge in [-0.05, 0) is 25.7 Å². The Balaban J connectivity index is 1.61. The van der Waals surface area contributed by atoms with Crippen molar-refractivity contribution in [3.8, 4) is 0 Å². The van der Waals surface area contributed by atoms with Crippen LogP contribution in [0, 0.1) is 0 Å². The van der Waals surface area contributed by atoms with Crippen LogP contribution in [0.25, 0.3) is 0 Å². The van der Waals surface area contributed by atoms with Crippen molar-refractivity contribution in [3.63, 3.8) is 0 Å². The van der Waals surface area contributed by atoms with Gasteiger partial charge in [-0.15, -0.1) is 0 Å². The van der Waals surface area contributed by atoms with Crippen molar-refractivity contribution in [2.24, 2.45) is 0 Å².